The molecule has 0 aliphatic heterocycles. The lowest BCUT2D eigenvalue weighted by atomic mass is 10.2. The maximum atomic E-state index is 12.4. The molecule has 4 heteroatoms. The highest BCUT2D eigenvalue weighted by molar-refractivity contribution is 5.95. The van der Waals surface area contributed by atoms with Crippen molar-refractivity contribution in [3.63, 3.8) is 0 Å². The Hall–Kier alpha value is -2.33. The molecule has 0 saturated carbocycles. The molecule has 2 aromatic carbocycles. The summed E-state index contributed by atoms with van der Waals surface area (Å²) in [6.45, 7) is 2.62. The molecule has 0 spiro atoms. The van der Waals surface area contributed by atoms with Gasteiger partial charge < -0.3 is 10.1 Å². The first-order valence-electron chi connectivity index (χ1n) is 7.30. The maximum absolute atomic E-state index is 12.4. The molecule has 0 radical (unpaired) electrons. The average molecular weight is 298 g/mol. The smallest absolute Gasteiger partial charge is 0.241 e. The molecule has 0 aliphatic rings. The van der Waals surface area contributed by atoms with E-state index in [1.165, 1.54) is 5.56 Å². The van der Waals surface area contributed by atoms with E-state index in [4.69, 9.17) is 4.74 Å². The van der Waals surface area contributed by atoms with E-state index in [-0.39, 0.29) is 11.9 Å². The van der Waals surface area contributed by atoms with Crippen LogP contribution in [0.4, 0.5) is 5.69 Å². The van der Waals surface area contributed by atoms with Crippen molar-refractivity contribution in [1.82, 2.24) is 4.90 Å². The minimum Gasteiger partial charge on any atom is -0.495 e. The van der Waals surface area contributed by atoms with Crippen LogP contribution in [0, 0.1) is 0 Å². The zero-order chi connectivity index (χ0) is 15.9. The number of para-hydroxylation sites is 2. The second-order valence-electron chi connectivity index (χ2n) is 5.27. The summed E-state index contributed by atoms with van der Waals surface area (Å²) >= 11 is 0. The molecule has 2 rings (SSSR count). The van der Waals surface area contributed by atoms with E-state index in [9.17, 15) is 4.79 Å². The number of carbonyl (C=O) groups is 1. The largest absolute Gasteiger partial charge is 0.495 e. The minimum atomic E-state index is -0.245. The van der Waals surface area contributed by atoms with Gasteiger partial charge in [0.25, 0.3) is 0 Å². The number of rotatable bonds is 6. The number of anilines is 1. The molecule has 0 fully saturated rings. The summed E-state index contributed by atoms with van der Waals surface area (Å²) < 4.78 is 5.25. The van der Waals surface area contributed by atoms with Gasteiger partial charge in [0.15, 0.2) is 0 Å². The lowest BCUT2D eigenvalue weighted by Gasteiger charge is -2.24. The Kier molecular flexibility index (Phi) is 5.55. The van der Waals surface area contributed by atoms with E-state index in [0.29, 0.717) is 11.4 Å². The van der Waals surface area contributed by atoms with E-state index >= 15 is 0 Å². The standard InChI is InChI=1S/C18H22N2O2/c1-14(20(2)13-15-9-5-4-6-10-15)18(21)19-16-11-7-8-12-17(16)22-3/h4-12,14H,13H2,1-3H3,(H,19,21)/t14-/m0/s1. The van der Waals surface area contributed by atoms with Crippen molar-refractivity contribution in [2.24, 2.45) is 0 Å². The van der Waals surface area contributed by atoms with Crippen LogP contribution in [-0.4, -0.2) is 31.0 Å². The predicted octanol–water partition coefficient (Wildman–Crippen LogP) is 3.15. The summed E-state index contributed by atoms with van der Waals surface area (Å²) in [6.07, 6.45) is 0. The molecule has 4 nitrogen and oxygen atoms in total. The predicted molar refractivity (Wildman–Crippen MR) is 89.0 cm³/mol. The summed E-state index contributed by atoms with van der Waals surface area (Å²) in [6, 6.07) is 17.3. The topological polar surface area (TPSA) is 41.6 Å². The van der Waals surface area contributed by atoms with E-state index in [1.54, 1.807) is 7.11 Å². The second-order valence-corrected chi connectivity index (χ2v) is 5.27. The number of carbonyl (C=O) groups excluding carboxylic acids is 1. The normalized spacial score (nSPS) is 12.0. The van der Waals surface area contributed by atoms with Crippen molar-refractivity contribution in [1.29, 1.82) is 0 Å². The third-order valence-corrected chi connectivity index (χ3v) is 3.68. The van der Waals surface area contributed by atoms with Gasteiger partial charge in [-0.05, 0) is 31.7 Å². The lowest BCUT2D eigenvalue weighted by molar-refractivity contribution is -0.120. The van der Waals surface area contributed by atoms with Gasteiger partial charge in [0.2, 0.25) is 5.91 Å². The van der Waals surface area contributed by atoms with Crippen molar-refractivity contribution < 1.29 is 9.53 Å². The Balaban J connectivity index is 1.99. The van der Waals surface area contributed by atoms with Crippen LogP contribution in [0.25, 0.3) is 0 Å². The van der Waals surface area contributed by atoms with Crippen LogP contribution >= 0.6 is 0 Å². The third kappa shape index (κ3) is 4.09. The number of methoxy groups -OCH3 is 1. The number of nitrogens with one attached hydrogen (secondary N) is 1. The van der Waals surface area contributed by atoms with Crippen LogP contribution in [0.1, 0.15) is 12.5 Å². The van der Waals surface area contributed by atoms with Crippen molar-refractivity contribution in [3.05, 3.63) is 60.2 Å². The highest BCUT2D eigenvalue weighted by Gasteiger charge is 2.19. The van der Waals surface area contributed by atoms with Gasteiger partial charge >= 0.3 is 0 Å². The summed E-state index contributed by atoms with van der Waals surface area (Å²) in [5.41, 5.74) is 1.87. The number of benzene rings is 2. The van der Waals surface area contributed by atoms with Crippen LogP contribution in [0.5, 0.6) is 5.75 Å². The number of amides is 1. The minimum absolute atomic E-state index is 0.0528. The van der Waals surface area contributed by atoms with E-state index in [1.807, 2.05) is 61.3 Å². The number of hydrogen-bond acceptors (Lipinski definition) is 3. The molecule has 1 N–H and O–H groups in total. The molecule has 2 aromatic rings. The Labute approximate surface area is 131 Å². The van der Waals surface area contributed by atoms with E-state index < -0.39 is 0 Å². The van der Waals surface area contributed by atoms with Crippen LogP contribution in [0.15, 0.2) is 54.6 Å². The zero-order valence-corrected chi connectivity index (χ0v) is 13.2. The van der Waals surface area contributed by atoms with Crippen molar-refractivity contribution in [2.45, 2.75) is 19.5 Å². The fraction of sp³-hybridized carbons (Fsp3) is 0.278. The zero-order valence-electron chi connectivity index (χ0n) is 13.2. The number of likely N-dealkylation sites (N-methyl/N-ethyl adjacent to an activating group) is 1. The van der Waals surface area contributed by atoms with Crippen LogP contribution in [-0.2, 0) is 11.3 Å². The Morgan fingerprint density at radius 3 is 2.45 bits per heavy atom. The van der Waals surface area contributed by atoms with Gasteiger partial charge in [0.1, 0.15) is 5.75 Å². The fourth-order valence-corrected chi connectivity index (χ4v) is 2.19. The number of ether oxygens (including phenoxy) is 1. The summed E-state index contributed by atoms with van der Waals surface area (Å²) in [7, 11) is 3.54. The highest BCUT2D eigenvalue weighted by atomic mass is 16.5. The molecule has 22 heavy (non-hydrogen) atoms. The van der Waals surface area contributed by atoms with Crippen LogP contribution in [0.2, 0.25) is 0 Å². The van der Waals surface area contributed by atoms with Gasteiger partial charge in [-0.1, -0.05) is 42.5 Å². The Morgan fingerprint density at radius 2 is 1.77 bits per heavy atom. The van der Waals surface area contributed by atoms with Crippen LogP contribution in [0.3, 0.4) is 0 Å². The molecule has 116 valence electrons. The second kappa shape index (κ2) is 7.61. The third-order valence-electron chi connectivity index (χ3n) is 3.68. The number of nitrogens with zero attached hydrogens (tertiary/aromatic N) is 1. The van der Waals surface area contributed by atoms with Gasteiger partial charge in [-0.3, -0.25) is 9.69 Å². The first-order chi connectivity index (χ1) is 10.6. The quantitative estimate of drug-likeness (QED) is 0.890. The Morgan fingerprint density at radius 1 is 1.14 bits per heavy atom. The molecular weight excluding hydrogens is 276 g/mol. The average Bonchev–Trinajstić information content (AvgIpc) is 2.55. The summed E-state index contributed by atoms with van der Waals surface area (Å²) in [5, 5.41) is 2.92. The molecule has 1 amide bonds. The van der Waals surface area contributed by atoms with E-state index in [0.717, 1.165) is 6.54 Å². The lowest BCUT2D eigenvalue weighted by Crippen LogP contribution is -2.39. The monoisotopic (exact) mass is 298 g/mol. The molecular formula is C18H22N2O2. The first-order valence-corrected chi connectivity index (χ1v) is 7.30. The molecule has 0 saturated heterocycles. The van der Waals surface area contributed by atoms with Gasteiger partial charge in [0.05, 0.1) is 18.8 Å². The molecule has 1 atom stereocenters. The Bertz CT molecular complexity index is 613. The molecule has 0 heterocycles. The molecule has 0 aliphatic carbocycles. The van der Waals surface area contributed by atoms with Gasteiger partial charge in [-0.25, -0.2) is 0 Å². The van der Waals surface area contributed by atoms with Crippen molar-refractivity contribution in [2.75, 3.05) is 19.5 Å². The van der Waals surface area contributed by atoms with Crippen LogP contribution < -0.4 is 10.1 Å². The van der Waals surface area contributed by atoms with Crippen molar-refractivity contribution in [3.8, 4) is 5.75 Å². The van der Waals surface area contributed by atoms with Gasteiger partial charge in [-0.15, -0.1) is 0 Å². The van der Waals surface area contributed by atoms with Crippen molar-refractivity contribution >= 4 is 11.6 Å². The van der Waals surface area contributed by atoms with Gasteiger partial charge in [-0.2, -0.15) is 0 Å². The van der Waals surface area contributed by atoms with E-state index in [2.05, 4.69) is 17.4 Å². The summed E-state index contributed by atoms with van der Waals surface area (Å²) in [4.78, 5) is 14.4. The SMILES string of the molecule is COc1ccccc1NC(=O)[C@H](C)N(C)Cc1ccccc1. The maximum Gasteiger partial charge on any atom is 0.241 e. The molecule has 0 unspecified atom stereocenters. The summed E-state index contributed by atoms with van der Waals surface area (Å²) in [5.74, 6) is 0.608. The molecule has 0 aromatic heterocycles. The fourth-order valence-electron chi connectivity index (χ4n) is 2.19. The first kappa shape index (κ1) is 16.0. The number of hydrogen-bond donors (Lipinski definition) is 1. The van der Waals surface area contributed by atoms with Gasteiger partial charge in [0, 0.05) is 6.54 Å². The highest BCUT2D eigenvalue weighted by Crippen LogP contribution is 2.23. The molecule has 0 bridgehead atoms.